The Balaban J connectivity index is 2.32. The highest BCUT2D eigenvalue weighted by atomic mass is 19.2. The lowest BCUT2D eigenvalue weighted by molar-refractivity contribution is 0.156. The average molecular weight is 299 g/mol. The van der Waals surface area contributed by atoms with E-state index in [0.717, 1.165) is 4.57 Å². The van der Waals surface area contributed by atoms with E-state index < -0.39 is 35.1 Å². The van der Waals surface area contributed by atoms with Gasteiger partial charge in [0, 0.05) is 23.0 Å². The van der Waals surface area contributed by atoms with E-state index in [9.17, 15) is 22.7 Å². The average Bonchev–Trinajstić information content (AvgIpc) is 2.76. The molecule has 1 unspecified atom stereocenters. The topological polar surface area (TPSA) is 25.2 Å². The van der Waals surface area contributed by atoms with Crippen molar-refractivity contribution in [2.45, 2.75) is 32.3 Å². The van der Waals surface area contributed by atoms with Crippen LogP contribution in [-0.2, 0) is 6.42 Å². The van der Waals surface area contributed by atoms with Crippen LogP contribution in [0.3, 0.4) is 0 Å². The van der Waals surface area contributed by atoms with E-state index in [1.807, 2.05) is 0 Å². The van der Waals surface area contributed by atoms with E-state index >= 15 is 0 Å². The number of nitrogens with zero attached hydrogens (tertiary/aromatic N) is 1. The molecule has 0 fully saturated rings. The molecule has 1 atom stereocenters. The summed E-state index contributed by atoms with van der Waals surface area (Å²) in [5.41, 5.74) is 0.709. The third-order valence-corrected chi connectivity index (χ3v) is 3.88. The molecule has 1 aromatic carbocycles. The fraction of sp³-hybridized carbons (Fsp3) is 0.333. The van der Waals surface area contributed by atoms with Gasteiger partial charge < -0.3 is 9.67 Å². The molecule has 0 saturated heterocycles. The molecule has 1 N–H and O–H groups in total. The van der Waals surface area contributed by atoms with E-state index in [4.69, 9.17) is 0 Å². The van der Waals surface area contributed by atoms with Crippen LogP contribution in [0.1, 0.15) is 35.9 Å². The number of aryl methyl sites for hydroxylation is 1. The number of aliphatic hydroxyl groups excluding tert-OH is 1. The first-order valence-corrected chi connectivity index (χ1v) is 6.64. The van der Waals surface area contributed by atoms with Gasteiger partial charge >= 0.3 is 0 Å². The minimum Gasteiger partial charge on any atom is -0.388 e. The maximum absolute atomic E-state index is 14.0. The summed E-state index contributed by atoms with van der Waals surface area (Å²) in [7, 11) is 0. The highest BCUT2D eigenvalue weighted by molar-refractivity contribution is 5.45. The molecule has 112 valence electrons. The molecule has 1 aliphatic carbocycles. The fourth-order valence-electron chi connectivity index (χ4n) is 2.95. The zero-order chi connectivity index (χ0) is 15.3. The van der Waals surface area contributed by atoms with Crippen molar-refractivity contribution in [3.63, 3.8) is 0 Å². The Morgan fingerprint density at radius 3 is 2.33 bits per heavy atom. The molecule has 2 aromatic rings. The number of benzene rings is 1. The van der Waals surface area contributed by atoms with Crippen molar-refractivity contribution in [3.05, 3.63) is 52.4 Å². The van der Waals surface area contributed by atoms with Gasteiger partial charge in [-0.15, -0.1) is 0 Å². The van der Waals surface area contributed by atoms with Crippen LogP contribution in [0.2, 0.25) is 0 Å². The first-order chi connectivity index (χ1) is 9.91. The quantitative estimate of drug-likeness (QED) is 0.630. The van der Waals surface area contributed by atoms with Crippen molar-refractivity contribution < 1.29 is 22.7 Å². The standard InChI is InChI=1S/C15H13F4NO/c1-7-5-8-11(3-2-4-12(8)21)20(7)15-13(18)9(16)6-10(17)14(15)19/h5-6,12,21H,2-4H2,1H3. The van der Waals surface area contributed by atoms with Crippen LogP contribution in [0.25, 0.3) is 5.69 Å². The highest BCUT2D eigenvalue weighted by Crippen LogP contribution is 2.36. The van der Waals surface area contributed by atoms with Gasteiger partial charge in [0.05, 0.1) is 6.10 Å². The summed E-state index contributed by atoms with van der Waals surface area (Å²) in [5, 5.41) is 9.94. The van der Waals surface area contributed by atoms with Gasteiger partial charge in [-0.05, 0) is 32.3 Å². The number of fused-ring (bicyclic) bond motifs is 1. The second-order valence-electron chi connectivity index (χ2n) is 5.25. The van der Waals surface area contributed by atoms with Gasteiger partial charge in [-0.1, -0.05) is 0 Å². The van der Waals surface area contributed by atoms with Gasteiger partial charge in [-0.2, -0.15) is 0 Å². The van der Waals surface area contributed by atoms with Crippen molar-refractivity contribution >= 4 is 0 Å². The highest BCUT2D eigenvalue weighted by Gasteiger charge is 2.28. The third kappa shape index (κ3) is 2.05. The molecule has 0 radical (unpaired) electrons. The van der Waals surface area contributed by atoms with E-state index in [-0.39, 0.29) is 6.07 Å². The Morgan fingerprint density at radius 1 is 1.10 bits per heavy atom. The zero-order valence-corrected chi connectivity index (χ0v) is 11.3. The Hall–Kier alpha value is -1.82. The summed E-state index contributed by atoms with van der Waals surface area (Å²) < 4.78 is 56.0. The van der Waals surface area contributed by atoms with Crippen molar-refractivity contribution in [2.75, 3.05) is 0 Å². The largest absolute Gasteiger partial charge is 0.388 e. The van der Waals surface area contributed by atoms with Crippen LogP contribution in [0.4, 0.5) is 17.6 Å². The maximum atomic E-state index is 14.0. The first-order valence-electron chi connectivity index (χ1n) is 6.64. The Bertz CT molecular complexity index is 697. The summed E-state index contributed by atoms with van der Waals surface area (Å²) in [6.45, 7) is 1.58. The van der Waals surface area contributed by atoms with Gasteiger partial charge in [0.15, 0.2) is 23.3 Å². The van der Waals surface area contributed by atoms with Crippen LogP contribution < -0.4 is 0 Å². The summed E-state index contributed by atoms with van der Waals surface area (Å²) in [6, 6.07) is 1.79. The van der Waals surface area contributed by atoms with Gasteiger partial charge in [0.25, 0.3) is 0 Å². The number of aromatic nitrogens is 1. The molecule has 1 aliphatic rings. The van der Waals surface area contributed by atoms with Crippen LogP contribution in [0.15, 0.2) is 12.1 Å². The van der Waals surface area contributed by atoms with Crippen molar-refractivity contribution in [2.24, 2.45) is 0 Å². The summed E-state index contributed by atoms with van der Waals surface area (Å²) in [6.07, 6.45) is 0.952. The molecule has 0 saturated carbocycles. The molecule has 1 heterocycles. The molecule has 21 heavy (non-hydrogen) atoms. The third-order valence-electron chi connectivity index (χ3n) is 3.88. The zero-order valence-electron chi connectivity index (χ0n) is 11.3. The van der Waals surface area contributed by atoms with Crippen molar-refractivity contribution in [1.82, 2.24) is 4.57 Å². The van der Waals surface area contributed by atoms with E-state index in [2.05, 4.69) is 0 Å². The molecule has 0 spiro atoms. The molecule has 3 rings (SSSR count). The van der Waals surface area contributed by atoms with Crippen LogP contribution in [0, 0.1) is 30.2 Å². The predicted molar refractivity (Wildman–Crippen MR) is 68.2 cm³/mol. The minimum atomic E-state index is -1.44. The van der Waals surface area contributed by atoms with Gasteiger partial charge in [0.1, 0.15) is 5.69 Å². The van der Waals surface area contributed by atoms with Crippen molar-refractivity contribution in [1.29, 1.82) is 0 Å². The van der Waals surface area contributed by atoms with Crippen LogP contribution >= 0.6 is 0 Å². The number of rotatable bonds is 1. The minimum absolute atomic E-state index is 0.189. The Labute approximate surface area is 118 Å². The Morgan fingerprint density at radius 2 is 1.71 bits per heavy atom. The molecule has 1 aromatic heterocycles. The second-order valence-corrected chi connectivity index (χ2v) is 5.25. The van der Waals surface area contributed by atoms with Crippen LogP contribution in [-0.4, -0.2) is 9.67 Å². The van der Waals surface area contributed by atoms with E-state index in [0.29, 0.717) is 36.2 Å². The molecule has 0 amide bonds. The molecule has 0 aliphatic heterocycles. The normalized spacial score (nSPS) is 17.9. The number of aliphatic hydroxyl groups is 1. The monoisotopic (exact) mass is 299 g/mol. The summed E-state index contributed by atoms with van der Waals surface area (Å²) in [4.78, 5) is 0. The van der Waals surface area contributed by atoms with E-state index in [1.165, 1.54) is 0 Å². The summed E-state index contributed by atoms with van der Waals surface area (Å²) in [5.74, 6) is -5.75. The van der Waals surface area contributed by atoms with Gasteiger partial charge in [-0.3, -0.25) is 0 Å². The smallest absolute Gasteiger partial charge is 0.186 e. The molecule has 6 heteroatoms. The summed E-state index contributed by atoms with van der Waals surface area (Å²) >= 11 is 0. The molecular formula is C15H13F4NO. The lowest BCUT2D eigenvalue weighted by Crippen LogP contribution is -2.14. The molecular weight excluding hydrogens is 286 g/mol. The number of hydrogen-bond acceptors (Lipinski definition) is 1. The predicted octanol–water partition coefficient (Wildman–Crippen LogP) is 3.71. The number of halogens is 4. The molecule has 0 bridgehead atoms. The maximum Gasteiger partial charge on any atom is 0.186 e. The van der Waals surface area contributed by atoms with Gasteiger partial charge in [0.2, 0.25) is 0 Å². The van der Waals surface area contributed by atoms with Crippen molar-refractivity contribution in [3.8, 4) is 5.69 Å². The first kappa shape index (κ1) is 14.1. The lowest BCUT2D eigenvalue weighted by atomic mass is 9.95. The number of hydrogen-bond donors (Lipinski definition) is 1. The second kappa shape index (κ2) is 4.87. The fourth-order valence-corrected chi connectivity index (χ4v) is 2.95. The van der Waals surface area contributed by atoms with Crippen LogP contribution in [0.5, 0.6) is 0 Å². The van der Waals surface area contributed by atoms with Gasteiger partial charge in [-0.25, -0.2) is 17.6 Å². The van der Waals surface area contributed by atoms with E-state index in [1.54, 1.807) is 13.0 Å². The lowest BCUT2D eigenvalue weighted by Gasteiger charge is -2.21. The SMILES string of the molecule is Cc1cc2c(n1-c1c(F)c(F)cc(F)c1F)CCCC2O. The Kier molecular flexibility index (Phi) is 3.28. The molecule has 2 nitrogen and oxygen atoms in total.